The molecule has 1 N–H and O–H groups in total. The third-order valence-electron chi connectivity index (χ3n) is 3.37. The summed E-state index contributed by atoms with van der Waals surface area (Å²) in [5.74, 6) is 0.800. The molecule has 2 aliphatic rings. The second-order valence-corrected chi connectivity index (χ2v) is 6.81. The number of likely N-dealkylation sites (N-methyl/N-ethyl adjacent to an activating group) is 1. The lowest BCUT2D eigenvalue weighted by molar-refractivity contribution is 0.299. The maximum atomic E-state index is 12.0. The number of hydrogen-bond acceptors (Lipinski definition) is 3. The van der Waals surface area contributed by atoms with Gasteiger partial charge in [-0.05, 0) is 38.1 Å². The summed E-state index contributed by atoms with van der Waals surface area (Å²) in [6.45, 7) is 1.83. The Balaban J connectivity index is 1.94. The van der Waals surface area contributed by atoms with Gasteiger partial charge in [-0.3, -0.25) is 0 Å². The van der Waals surface area contributed by atoms with E-state index in [1.165, 1.54) is 0 Å². The van der Waals surface area contributed by atoms with E-state index in [0.29, 0.717) is 11.7 Å². The summed E-state index contributed by atoms with van der Waals surface area (Å²) >= 11 is 0. The van der Waals surface area contributed by atoms with E-state index in [-0.39, 0.29) is 6.04 Å². The Morgan fingerprint density at radius 1 is 1.33 bits per heavy atom. The van der Waals surface area contributed by atoms with Crippen LogP contribution in [0.4, 0.5) is 0 Å². The molecule has 4 nitrogen and oxygen atoms in total. The monoisotopic (exact) mass is 232 g/mol. The molecule has 2 fully saturated rings. The molecule has 0 aromatic heterocycles. The quantitative estimate of drug-likeness (QED) is 0.764. The number of piperidine rings is 1. The predicted molar refractivity (Wildman–Crippen MR) is 60.2 cm³/mol. The van der Waals surface area contributed by atoms with Gasteiger partial charge in [-0.2, -0.15) is 0 Å². The molecular formula is C10H20N2O2S. The number of nitrogens with one attached hydrogen (secondary N) is 1. The van der Waals surface area contributed by atoms with Crippen LogP contribution in [0.1, 0.15) is 25.7 Å². The zero-order chi connectivity index (χ0) is 10.9. The van der Waals surface area contributed by atoms with Gasteiger partial charge in [-0.15, -0.1) is 0 Å². The van der Waals surface area contributed by atoms with E-state index in [2.05, 4.69) is 5.32 Å². The van der Waals surface area contributed by atoms with Gasteiger partial charge in [0.1, 0.15) is 0 Å². The van der Waals surface area contributed by atoms with E-state index in [4.69, 9.17) is 0 Å². The summed E-state index contributed by atoms with van der Waals surface area (Å²) in [4.78, 5) is 0. The smallest absolute Gasteiger partial charge is 0.214 e. The average Bonchev–Trinajstić information content (AvgIpc) is 3.01. The minimum atomic E-state index is -3.00. The minimum Gasteiger partial charge on any atom is -0.315 e. The van der Waals surface area contributed by atoms with Crippen LogP contribution in [-0.2, 0) is 10.0 Å². The molecule has 15 heavy (non-hydrogen) atoms. The van der Waals surface area contributed by atoms with Crippen LogP contribution >= 0.6 is 0 Å². The van der Waals surface area contributed by atoms with Crippen LogP contribution in [0.3, 0.4) is 0 Å². The summed E-state index contributed by atoms with van der Waals surface area (Å²) in [6.07, 6.45) is 4.26. The van der Waals surface area contributed by atoms with Gasteiger partial charge in [-0.1, -0.05) is 0 Å². The Morgan fingerprint density at radius 2 is 2.07 bits per heavy atom. The molecule has 5 heteroatoms. The summed E-state index contributed by atoms with van der Waals surface area (Å²) in [5.41, 5.74) is 0. The number of nitrogens with zero attached hydrogens (tertiary/aromatic N) is 1. The fourth-order valence-corrected chi connectivity index (χ4v) is 3.87. The lowest BCUT2D eigenvalue weighted by atomic mass is 10.1. The second-order valence-electron chi connectivity index (χ2n) is 4.74. The van der Waals surface area contributed by atoms with Crippen LogP contribution in [0.25, 0.3) is 0 Å². The average molecular weight is 232 g/mol. The topological polar surface area (TPSA) is 49.4 Å². The van der Waals surface area contributed by atoms with E-state index < -0.39 is 10.0 Å². The van der Waals surface area contributed by atoms with Crippen LogP contribution in [-0.4, -0.2) is 44.7 Å². The maximum absolute atomic E-state index is 12.0. The summed E-state index contributed by atoms with van der Waals surface area (Å²) < 4.78 is 25.6. The molecule has 1 aliphatic carbocycles. The Morgan fingerprint density at radius 3 is 2.60 bits per heavy atom. The molecule has 1 atom stereocenters. The molecule has 0 bridgehead atoms. The van der Waals surface area contributed by atoms with Crippen molar-refractivity contribution in [3.05, 3.63) is 0 Å². The first-order valence-corrected chi connectivity index (χ1v) is 7.37. The van der Waals surface area contributed by atoms with Gasteiger partial charge in [0, 0.05) is 19.6 Å². The zero-order valence-electron chi connectivity index (χ0n) is 9.28. The van der Waals surface area contributed by atoms with Crippen molar-refractivity contribution in [2.45, 2.75) is 31.7 Å². The SMILES string of the molecule is CN(C1CCCNC1)S(=O)(=O)CC1CC1. The van der Waals surface area contributed by atoms with Crippen LogP contribution < -0.4 is 5.32 Å². The van der Waals surface area contributed by atoms with Gasteiger partial charge in [0.05, 0.1) is 5.75 Å². The van der Waals surface area contributed by atoms with Crippen LogP contribution in [0.2, 0.25) is 0 Å². The van der Waals surface area contributed by atoms with Gasteiger partial charge in [0.2, 0.25) is 10.0 Å². The highest BCUT2D eigenvalue weighted by atomic mass is 32.2. The molecule has 0 spiro atoms. The Kier molecular flexibility index (Phi) is 3.33. The van der Waals surface area contributed by atoms with Crippen molar-refractivity contribution in [1.29, 1.82) is 0 Å². The molecule has 1 unspecified atom stereocenters. The highest BCUT2D eigenvalue weighted by Crippen LogP contribution is 2.31. The molecule has 1 saturated carbocycles. The lowest BCUT2D eigenvalue weighted by Gasteiger charge is -2.30. The first-order valence-electron chi connectivity index (χ1n) is 5.76. The minimum absolute atomic E-state index is 0.169. The molecule has 1 heterocycles. The lowest BCUT2D eigenvalue weighted by Crippen LogP contribution is -2.47. The number of sulfonamides is 1. The standard InChI is InChI=1S/C10H20N2O2S/c1-12(10-3-2-6-11-7-10)15(13,14)8-9-4-5-9/h9-11H,2-8H2,1H3. The fraction of sp³-hybridized carbons (Fsp3) is 1.00. The van der Waals surface area contributed by atoms with Crippen molar-refractivity contribution < 1.29 is 8.42 Å². The molecule has 0 radical (unpaired) electrons. The van der Waals surface area contributed by atoms with Crippen molar-refractivity contribution in [2.24, 2.45) is 5.92 Å². The normalized spacial score (nSPS) is 28.3. The van der Waals surface area contributed by atoms with Crippen LogP contribution in [0.15, 0.2) is 0 Å². The van der Waals surface area contributed by atoms with E-state index in [1.54, 1.807) is 11.4 Å². The second kappa shape index (κ2) is 4.39. The fourth-order valence-electron chi connectivity index (χ4n) is 2.07. The molecule has 1 saturated heterocycles. The van der Waals surface area contributed by atoms with Gasteiger partial charge in [0.25, 0.3) is 0 Å². The largest absolute Gasteiger partial charge is 0.315 e. The third kappa shape index (κ3) is 2.92. The van der Waals surface area contributed by atoms with Crippen molar-refractivity contribution in [1.82, 2.24) is 9.62 Å². The third-order valence-corrected chi connectivity index (χ3v) is 5.44. The summed E-state index contributed by atoms with van der Waals surface area (Å²) in [6, 6.07) is 0.169. The van der Waals surface area contributed by atoms with E-state index >= 15 is 0 Å². The highest BCUT2D eigenvalue weighted by Gasteiger charge is 2.33. The Bertz CT molecular complexity index is 305. The Labute approximate surface area is 92.1 Å². The van der Waals surface area contributed by atoms with E-state index in [0.717, 1.165) is 38.8 Å². The molecular weight excluding hydrogens is 212 g/mol. The van der Waals surface area contributed by atoms with Gasteiger partial charge in [-0.25, -0.2) is 12.7 Å². The molecule has 0 amide bonds. The predicted octanol–water partition coefficient (Wildman–Crippen LogP) is 0.410. The van der Waals surface area contributed by atoms with Crippen molar-refractivity contribution >= 4 is 10.0 Å². The first-order chi connectivity index (χ1) is 7.09. The molecule has 0 aromatic carbocycles. The van der Waals surface area contributed by atoms with E-state index in [9.17, 15) is 8.42 Å². The number of rotatable bonds is 4. The van der Waals surface area contributed by atoms with Crippen LogP contribution in [0, 0.1) is 5.92 Å². The van der Waals surface area contributed by atoms with Gasteiger partial charge >= 0.3 is 0 Å². The van der Waals surface area contributed by atoms with Gasteiger partial charge in [0.15, 0.2) is 0 Å². The highest BCUT2D eigenvalue weighted by molar-refractivity contribution is 7.89. The Hall–Kier alpha value is -0.130. The van der Waals surface area contributed by atoms with Gasteiger partial charge < -0.3 is 5.32 Å². The number of hydrogen-bond donors (Lipinski definition) is 1. The summed E-state index contributed by atoms with van der Waals surface area (Å²) in [5, 5.41) is 3.25. The molecule has 1 aliphatic heterocycles. The molecule has 88 valence electrons. The van der Waals surface area contributed by atoms with Crippen molar-refractivity contribution in [3.63, 3.8) is 0 Å². The van der Waals surface area contributed by atoms with Crippen molar-refractivity contribution in [3.8, 4) is 0 Å². The summed E-state index contributed by atoms with van der Waals surface area (Å²) in [7, 11) is -1.27. The maximum Gasteiger partial charge on any atom is 0.214 e. The van der Waals surface area contributed by atoms with E-state index in [1.807, 2.05) is 0 Å². The van der Waals surface area contributed by atoms with Crippen LogP contribution in [0.5, 0.6) is 0 Å². The molecule has 0 aromatic rings. The zero-order valence-corrected chi connectivity index (χ0v) is 10.1. The first kappa shape index (κ1) is 11.4. The molecule has 2 rings (SSSR count). The van der Waals surface area contributed by atoms with Crippen molar-refractivity contribution in [2.75, 3.05) is 25.9 Å².